The molecule has 31 heavy (non-hydrogen) atoms. The van der Waals surface area contributed by atoms with Crippen molar-refractivity contribution in [3.8, 4) is 5.75 Å². The van der Waals surface area contributed by atoms with Crippen LogP contribution >= 0.6 is 11.8 Å². The molecule has 1 amide bonds. The molecule has 1 fully saturated rings. The highest BCUT2D eigenvalue weighted by molar-refractivity contribution is 7.98. The van der Waals surface area contributed by atoms with Crippen molar-refractivity contribution in [3.05, 3.63) is 58.9 Å². The van der Waals surface area contributed by atoms with E-state index in [4.69, 9.17) is 4.74 Å². The Bertz CT molecular complexity index is 919. The molecule has 0 aliphatic carbocycles. The van der Waals surface area contributed by atoms with Gasteiger partial charge >= 0.3 is 0 Å². The van der Waals surface area contributed by atoms with Gasteiger partial charge in [0, 0.05) is 61.0 Å². The zero-order valence-corrected chi connectivity index (χ0v) is 20.0. The van der Waals surface area contributed by atoms with Gasteiger partial charge in [-0.05, 0) is 56.7 Å². The van der Waals surface area contributed by atoms with E-state index >= 15 is 0 Å². The summed E-state index contributed by atoms with van der Waals surface area (Å²) >= 11 is 1.72. The standard InChI is InChI=1S/C25H33N3O2S/c1-18-16-26-23(19(2)25(18)30-4)17-28-14-12-21(13-15-28)27(3)24(29)11-8-20-6-9-22(31-5)10-7-20/h6-11,16,21H,12-15,17H2,1-5H3/b11-8+. The number of nitrogens with zero attached hydrogens (tertiary/aromatic N) is 3. The van der Waals surface area contributed by atoms with E-state index in [9.17, 15) is 4.79 Å². The summed E-state index contributed by atoms with van der Waals surface area (Å²) in [6.45, 7) is 6.83. The molecule has 5 nitrogen and oxygen atoms in total. The van der Waals surface area contributed by atoms with E-state index in [0.717, 1.165) is 60.6 Å². The van der Waals surface area contributed by atoms with E-state index in [0.29, 0.717) is 0 Å². The number of aromatic nitrogens is 1. The van der Waals surface area contributed by atoms with E-state index in [1.165, 1.54) is 4.90 Å². The van der Waals surface area contributed by atoms with E-state index in [1.54, 1.807) is 24.9 Å². The predicted octanol–water partition coefficient (Wildman–Crippen LogP) is 4.57. The molecule has 0 bridgehead atoms. The van der Waals surface area contributed by atoms with Crippen LogP contribution in [-0.2, 0) is 11.3 Å². The van der Waals surface area contributed by atoms with E-state index in [2.05, 4.69) is 35.2 Å². The van der Waals surface area contributed by atoms with Crippen LogP contribution in [0.15, 0.2) is 41.4 Å². The van der Waals surface area contributed by atoms with Crippen molar-refractivity contribution in [1.29, 1.82) is 0 Å². The Kier molecular flexibility index (Phi) is 8.15. The number of hydrogen-bond acceptors (Lipinski definition) is 5. The third-order valence-corrected chi connectivity index (χ3v) is 6.85. The average molecular weight is 440 g/mol. The molecule has 0 spiro atoms. The molecule has 1 aliphatic heterocycles. The van der Waals surface area contributed by atoms with Gasteiger partial charge in [-0.15, -0.1) is 11.8 Å². The summed E-state index contributed by atoms with van der Waals surface area (Å²) in [5.41, 5.74) is 4.30. The summed E-state index contributed by atoms with van der Waals surface area (Å²) in [6, 6.07) is 8.52. The minimum absolute atomic E-state index is 0.0631. The molecule has 166 valence electrons. The lowest BCUT2D eigenvalue weighted by Gasteiger charge is -2.36. The zero-order valence-electron chi connectivity index (χ0n) is 19.2. The fraction of sp³-hybridized carbons (Fsp3) is 0.440. The number of thioether (sulfide) groups is 1. The van der Waals surface area contributed by atoms with Crippen LogP contribution in [0.4, 0.5) is 0 Å². The van der Waals surface area contributed by atoms with Gasteiger partial charge in [0.1, 0.15) is 5.75 Å². The molecule has 2 heterocycles. The smallest absolute Gasteiger partial charge is 0.246 e. The van der Waals surface area contributed by atoms with Gasteiger partial charge in [0.2, 0.25) is 5.91 Å². The largest absolute Gasteiger partial charge is 0.496 e. The van der Waals surface area contributed by atoms with Crippen molar-refractivity contribution in [1.82, 2.24) is 14.8 Å². The van der Waals surface area contributed by atoms with Crippen LogP contribution in [0.3, 0.4) is 0 Å². The van der Waals surface area contributed by atoms with Crippen molar-refractivity contribution in [2.75, 3.05) is 33.5 Å². The minimum atomic E-state index is 0.0631. The van der Waals surface area contributed by atoms with Crippen LogP contribution in [0.5, 0.6) is 5.75 Å². The third kappa shape index (κ3) is 5.89. The first-order valence-electron chi connectivity index (χ1n) is 10.7. The Hall–Kier alpha value is -2.31. The average Bonchev–Trinajstić information content (AvgIpc) is 2.80. The fourth-order valence-corrected chi connectivity index (χ4v) is 4.50. The molecule has 0 N–H and O–H groups in total. The monoisotopic (exact) mass is 439 g/mol. The molecule has 1 aliphatic rings. The molecule has 1 saturated heterocycles. The lowest BCUT2D eigenvalue weighted by molar-refractivity contribution is -0.127. The Morgan fingerprint density at radius 1 is 1.26 bits per heavy atom. The molecule has 2 aromatic rings. The molecule has 1 aromatic heterocycles. The van der Waals surface area contributed by atoms with Gasteiger partial charge in [-0.25, -0.2) is 0 Å². The van der Waals surface area contributed by atoms with E-state index < -0.39 is 0 Å². The van der Waals surface area contributed by atoms with Crippen LogP contribution in [0.25, 0.3) is 6.08 Å². The number of likely N-dealkylation sites (N-methyl/N-ethyl adjacent to an activating group) is 1. The van der Waals surface area contributed by atoms with E-state index in [1.807, 2.05) is 43.3 Å². The number of rotatable bonds is 7. The third-order valence-electron chi connectivity index (χ3n) is 6.11. The number of ether oxygens (including phenoxy) is 1. The second-order valence-electron chi connectivity index (χ2n) is 8.11. The maximum absolute atomic E-state index is 12.7. The van der Waals surface area contributed by atoms with Gasteiger partial charge in [0.25, 0.3) is 0 Å². The number of pyridine rings is 1. The highest BCUT2D eigenvalue weighted by atomic mass is 32.2. The number of carbonyl (C=O) groups is 1. The van der Waals surface area contributed by atoms with Crippen LogP contribution in [0, 0.1) is 13.8 Å². The summed E-state index contributed by atoms with van der Waals surface area (Å²) in [5.74, 6) is 0.994. The molecule has 3 rings (SSSR count). The molecule has 0 atom stereocenters. The number of aryl methyl sites for hydroxylation is 1. The van der Waals surface area contributed by atoms with Crippen LogP contribution in [-0.4, -0.2) is 60.2 Å². The van der Waals surface area contributed by atoms with Crippen molar-refractivity contribution in [2.24, 2.45) is 0 Å². The van der Waals surface area contributed by atoms with Gasteiger partial charge < -0.3 is 9.64 Å². The van der Waals surface area contributed by atoms with Gasteiger partial charge in [-0.2, -0.15) is 0 Å². The van der Waals surface area contributed by atoms with E-state index in [-0.39, 0.29) is 11.9 Å². The molecule has 0 radical (unpaired) electrons. The number of amides is 1. The molecule has 0 saturated carbocycles. The quantitative estimate of drug-likeness (QED) is 0.467. The predicted molar refractivity (Wildman–Crippen MR) is 129 cm³/mol. The van der Waals surface area contributed by atoms with Crippen LogP contribution < -0.4 is 4.74 Å². The second-order valence-corrected chi connectivity index (χ2v) is 8.99. The molecule has 6 heteroatoms. The lowest BCUT2D eigenvalue weighted by Crippen LogP contribution is -2.45. The topological polar surface area (TPSA) is 45.7 Å². The summed E-state index contributed by atoms with van der Waals surface area (Å²) in [5, 5.41) is 0. The van der Waals surface area contributed by atoms with Crippen molar-refractivity contribution in [2.45, 2.75) is 44.2 Å². The van der Waals surface area contributed by atoms with Crippen molar-refractivity contribution >= 4 is 23.7 Å². The maximum Gasteiger partial charge on any atom is 0.246 e. The van der Waals surface area contributed by atoms with Gasteiger partial charge in [-0.1, -0.05) is 12.1 Å². The number of hydrogen-bond donors (Lipinski definition) is 0. The van der Waals surface area contributed by atoms with Crippen LogP contribution in [0.2, 0.25) is 0 Å². The first-order chi connectivity index (χ1) is 14.9. The number of methoxy groups -OCH3 is 1. The maximum atomic E-state index is 12.7. The highest BCUT2D eigenvalue weighted by Gasteiger charge is 2.25. The summed E-state index contributed by atoms with van der Waals surface area (Å²) in [6.07, 6.45) is 9.48. The van der Waals surface area contributed by atoms with Crippen molar-refractivity contribution < 1.29 is 9.53 Å². The lowest BCUT2D eigenvalue weighted by atomic mass is 10.0. The molecular formula is C25H33N3O2S. The number of piperidine rings is 1. The Morgan fingerprint density at radius 2 is 1.94 bits per heavy atom. The summed E-state index contributed by atoms with van der Waals surface area (Å²) in [7, 11) is 3.63. The number of benzene rings is 1. The SMILES string of the molecule is COc1c(C)cnc(CN2CCC(N(C)C(=O)/C=C/c3ccc(SC)cc3)CC2)c1C. The Balaban J connectivity index is 1.52. The molecular weight excluding hydrogens is 406 g/mol. The number of likely N-dealkylation sites (tertiary alicyclic amines) is 1. The molecule has 1 aromatic carbocycles. The number of carbonyl (C=O) groups excluding carboxylic acids is 1. The van der Waals surface area contributed by atoms with Crippen LogP contribution in [0.1, 0.15) is 35.2 Å². The second kappa shape index (κ2) is 10.8. The Morgan fingerprint density at radius 3 is 2.55 bits per heavy atom. The first-order valence-corrected chi connectivity index (χ1v) is 12.0. The zero-order chi connectivity index (χ0) is 22.4. The Labute approximate surface area is 190 Å². The molecule has 0 unspecified atom stereocenters. The van der Waals surface area contributed by atoms with Crippen molar-refractivity contribution in [3.63, 3.8) is 0 Å². The normalized spacial score (nSPS) is 15.4. The minimum Gasteiger partial charge on any atom is -0.496 e. The van der Waals surface area contributed by atoms with Gasteiger partial charge in [0.05, 0.1) is 12.8 Å². The van der Waals surface area contributed by atoms with Gasteiger partial charge in [0.15, 0.2) is 0 Å². The fourth-order valence-electron chi connectivity index (χ4n) is 4.09. The summed E-state index contributed by atoms with van der Waals surface area (Å²) in [4.78, 5) is 22.8. The highest BCUT2D eigenvalue weighted by Crippen LogP contribution is 2.26. The van der Waals surface area contributed by atoms with Gasteiger partial charge in [-0.3, -0.25) is 14.7 Å². The first kappa shape index (κ1) is 23.4. The summed E-state index contributed by atoms with van der Waals surface area (Å²) < 4.78 is 5.54.